The molecule has 0 saturated carbocycles. The minimum Gasteiger partial charge on any atom is -0.469 e. The van der Waals surface area contributed by atoms with Crippen molar-refractivity contribution in [2.75, 3.05) is 26.7 Å². The number of rotatable bonds is 7. The number of unbranched alkanes of at least 4 members (excludes halogenated alkanes) is 2. The first kappa shape index (κ1) is 18.2. The highest BCUT2D eigenvalue weighted by atomic mass is 35.5. The van der Waals surface area contributed by atoms with Crippen LogP contribution in [-0.2, 0) is 14.3 Å². The molecule has 1 saturated heterocycles. The van der Waals surface area contributed by atoms with Gasteiger partial charge in [0.1, 0.15) is 0 Å². The number of nitrogens with one attached hydrogen (secondary N) is 2. The largest absolute Gasteiger partial charge is 0.469 e. The molecule has 1 aliphatic heterocycles. The molecule has 1 amide bonds. The number of carbonyl (C=O) groups excluding carboxylic acids is 2. The fourth-order valence-corrected chi connectivity index (χ4v) is 2.11. The Morgan fingerprint density at radius 3 is 2.53 bits per heavy atom. The quantitative estimate of drug-likeness (QED) is 0.547. The van der Waals surface area contributed by atoms with Crippen molar-refractivity contribution in [3.8, 4) is 0 Å². The van der Waals surface area contributed by atoms with Gasteiger partial charge in [0.25, 0.3) is 0 Å². The molecule has 0 unspecified atom stereocenters. The van der Waals surface area contributed by atoms with E-state index in [4.69, 9.17) is 0 Å². The standard InChI is InChI=1S/C13H24N2O3.ClH/c1-18-12(16)5-3-2-4-8-15-13(17)11-6-9-14-10-7-11;/h11,14H,2-10H2,1H3,(H,15,17);1H. The molecule has 1 fully saturated rings. The normalized spacial score (nSPS) is 15.4. The molecular weight excluding hydrogens is 268 g/mol. The highest BCUT2D eigenvalue weighted by molar-refractivity contribution is 5.85. The maximum atomic E-state index is 11.8. The monoisotopic (exact) mass is 292 g/mol. The van der Waals surface area contributed by atoms with Crippen LogP contribution in [0.25, 0.3) is 0 Å². The second kappa shape index (κ2) is 11.1. The van der Waals surface area contributed by atoms with Crippen LogP contribution < -0.4 is 10.6 Å². The average Bonchev–Trinajstić information content (AvgIpc) is 2.43. The van der Waals surface area contributed by atoms with E-state index in [0.29, 0.717) is 13.0 Å². The molecule has 1 heterocycles. The van der Waals surface area contributed by atoms with E-state index in [1.165, 1.54) is 7.11 Å². The van der Waals surface area contributed by atoms with Crippen LogP contribution in [-0.4, -0.2) is 38.6 Å². The SMILES string of the molecule is COC(=O)CCCCCNC(=O)C1CCNCC1.Cl. The molecule has 112 valence electrons. The van der Waals surface area contributed by atoms with E-state index in [9.17, 15) is 9.59 Å². The van der Waals surface area contributed by atoms with Gasteiger partial charge in [0.15, 0.2) is 0 Å². The van der Waals surface area contributed by atoms with Crippen molar-refractivity contribution in [3.05, 3.63) is 0 Å². The molecule has 0 radical (unpaired) electrons. The van der Waals surface area contributed by atoms with Gasteiger partial charge >= 0.3 is 5.97 Å². The maximum absolute atomic E-state index is 11.8. The maximum Gasteiger partial charge on any atom is 0.305 e. The summed E-state index contributed by atoms with van der Waals surface area (Å²) in [7, 11) is 1.40. The number of carbonyl (C=O) groups is 2. The molecule has 0 aromatic carbocycles. The molecule has 0 aromatic heterocycles. The summed E-state index contributed by atoms with van der Waals surface area (Å²) in [4.78, 5) is 22.6. The summed E-state index contributed by atoms with van der Waals surface area (Å²) in [5, 5.41) is 6.22. The van der Waals surface area contributed by atoms with E-state index in [0.717, 1.165) is 45.2 Å². The average molecular weight is 293 g/mol. The first-order valence-electron chi connectivity index (χ1n) is 6.79. The van der Waals surface area contributed by atoms with Crippen LogP contribution in [0, 0.1) is 5.92 Å². The zero-order valence-corrected chi connectivity index (χ0v) is 12.4. The first-order valence-corrected chi connectivity index (χ1v) is 6.79. The van der Waals surface area contributed by atoms with Crippen molar-refractivity contribution in [2.45, 2.75) is 38.5 Å². The fraction of sp³-hybridized carbons (Fsp3) is 0.846. The van der Waals surface area contributed by atoms with Crippen LogP contribution in [0.5, 0.6) is 0 Å². The summed E-state index contributed by atoms with van der Waals surface area (Å²) in [5.74, 6) is 0.208. The van der Waals surface area contributed by atoms with Gasteiger partial charge in [-0.25, -0.2) is 0 Å². The fourth-order valence-electron chi connectivity index (χ4n) is 2.11. The van der Waals surface area contributed by atoms with Gasteiger partial charge in [-0.15, -0.1) is 12.4 Å². The Bertz CT molecular complexity index is 269. The van der Waals surface area contributed by atoms with Crippen LogP contribution in [0.1, 0.15) is 38.5 Å². The molecule has 0 bridgehead atoms. The van der Waals surface area contributed by atoms with Gasteiger partial charge in [-0.1, -0.05) is 6.42 Å². The highest BCUT2D eigenvalue weighted by Gasteiger charge is 2.19. The first-order chi connectivity index (χ1) is 8.74. The predicted octanol–water partition coefficient (Wildman–Crippen LogP) is 1.26. The van der Waals surface area contributed by atoms with E-state index in [2.05, 4.69) is 15.4 Å². The van der Waals surface area contributed by atoms with Crippen LogP contribution in [0.2, 0.25) is 0 Å². The molecule has 1 rings (SSSR count). The van der Waals surface area contributed by atoms with Crippen molar-refractivity contribution in [2.24, 2.45) is 5.92 Å². The molecule has 0 atom stereocenters. The molecule has 19 heavy (non-hydrogen) atoms. The van der Waals surface area contributed by atoms with Crippen molar-refractivity contribution in [1.82, 2.24) is 10.6 Å². The number of esters is 1. The number of hydrogen-bond acceptors (Lipinski definition) is 4. The van der Waals surface area contributed by atoms with Gasteiger partial charge in [0.2, 0.25) is 5.91 Å². The number of piperidine rings is 1. The number of hydrogen-bond donors (Lipinski definition) is 2. The molecule has 0 aromatic rings. The van der Waals surface area contributed by atoms with Crippen molar-refractivity contribution >= 4 is 24.3 Å². The third-order valence-corrected chi connectivity index (χ3v) is 3.29. The van der Waals surface area contributed by atoms with Gasteiger partial charge in [0, 0.05) is 18.9 Å². The molecule has 1 aliphatic rings. The third kappa shape index (κ3) is 8.06. The predicted molar refractivity (Wildman–Crippen MR) is 76.3 cm³/mol. The number of ether oxygens (including phenoxy) is 1. The van der Waals surface area contributed by atoms with Gasteiger partial charge in [-0.2, -0.15) is 0 Å². The van der Waals surface area contributed by atoms with E-state index in [1.807, 2.05) is 0 Å². The zero-order chi connectivity index (χ0) is 13.2. The Labute approximate surface area is 121 Å². The second-order valence-corrected chi connectivity index (χ2v) is 4.70. The topological polar surface area (TPSA) is 67.4 Å². The summed E-state index contributed by atoms with van der Waals surface area (Å²) in [6, 6.07) is 0. The summed E-state index contributed by atoms with van der Waals surface area (Å²) in [5.41, 5.74) is 0. The zero-order valence-electron chi connectivity index (χ0n) is 11.6. The second-order valence-electron chi connectivity index (χ2n) is 4.70. The van der Waals surface area contributed by atoms with Crippen LogP contribution in [0.3, 0.4) is 0 Å². The Balaban J connectivity index is 0.00000324. The molecule has 2 N–H and O–H groups in total. The van der Waals surface area contributed by atoms with E-state index in [-0.39, 0.29) is 30.2 Å². The molecule has 6 heteroatoms. The molecular formula is C13H25ClN2O3. The van der Waals surface area contributed by atoms with Crippen LogP contribution in [0.4, 0.5) is 0 Å². The number of halogens is 1. The lowest BCUT2D eigenvalue weighted by Gasteiger charge is -2.21. The minimum absolute atomic E-state index is 0. The lowest BCUT2D eigenvalue weighted by atomic mass is 9.97. The molecule has 0 aliphatic carbocycles. The van der Waals surface area contributed by atoms with E-state index >= 15 is 0 Å². The van der Waals surface area contributed by atoms with Gasteiger partial charge in [0.05, 0.1) is 7.11 Å². The third-order valence-electron chi connectivity index (χ3n) is 3.29. The van der Waals surface area contributed by atoms with Crippen molar-refractivity contribution in [1.29, 1.82) is 0 Å². The Kier molecular flexibility index (Phi) is 10.6. The Morgan fingerprint density at radius 1 is 1.21 bits per heavy atom. The van der Waals surface area contributed by atoms with E-state index in [1.54, 1.807) is 0 Å². The minimum atomic E-state index is -0.159. The Hall–Kier alpha value is -0.810. The molecule has 0 spiro atoms. The van der Waals surface area contributed by atoms with Crippen LogP contribution >= 0.6 is 12.4 Å². The molecule has 5 nitrogen and oxygen atoms in total. The summed E-state index contributed by atoms with van der Waals surface area (Å²) in [6.07, 6.45) is 5.05. The van der Waals surface area contributed by atoms with Crippen LogP contribution in [0.15, 0.2) is 0 Å². The summed E-state index contributed by atoms with van der Waals surface area (Å²) >= 11 is 0. The lowest BCUT2D eigenvalue weighted by Crippen LogP contribution is -2.38. The Morgan fingerprint density at radius 2 is 1.89 bits per heavy atom. The smallest absolute Gasteiger partial charge is 0.305 e. The lowest BCUT2D eigenvalue weighted by molar-refractivity contribution is -0.140. The van der Waals surface area contributed by atoms with Gasteiger partial charge < -0.3 is 15.4 Å². The highest BCUT2D eigenvalue weighted by Crippen LogP contribution is 2.11. The summed E-state index contributed by atoms with van der Waals surface area (Å²) < 4.78 is 4.56. The van der Waals surface area contributed by atoms with Crippen molar-refractivity contribution in [3.63, 3.8) is 0 Å². The van der Waals surface area contributed by atoms with E-state index < -0.39 is 0 Å². The van der Waals surface area contributed by atoms with Gasteiger partial charge in [-0.3, -0.25) is 9.59 Å². The number of amides is 1. The van der Waals surface area contributed by atoms with Gasteiger partial charge in [-0.05, 0) is 38.8 Å². The van der Waals surface area contributed by atoms with Crippen molar-refractivity contribution < 1.29 is 14.3 Å². The number of methoxy groups -OCH3 is 1. The summed E-state index contributed by atoms with van der Waals surface area (Å²) in [6.45, 7) is 2.60.